The lowest BCUT2D eigenvalue weighted by Gasteiger charge is -2.18. The third-order valence-corrected chi connectivity index (χ3v) is 2.41. The zero-order valence-electron chi connectivity index (χ0n) is 8.93. The standard InChI is InChI=1S/C11H20O2/c1-11(2,3)7-6-9(12)10-5-4-8-13-10/h10H,4-8H2,1-3H3. The van der Waals surface area contributed by atoms with Gasteiger partial charge in [-0.2, -0.15) is 0 Å². The van der Waals surface area contributed by atoms with Gasteiger partial charge in [0.25, 0.3) is 0 Å². The van der Waals surface area contributed by atoms with E-state index in [1.54, 1.807) is 0 Å². The quantitative estimate of drug-likeness (QED) is 0.673. The highest BCUT2D eigenvalue weighted by Crippen LogP contribution is 2.23. The monoisotopic (exact) mass is 184 g/mol. The molecule has 0 spiro atoms. The Bertz CT molecular complexity index is 173. The first-order valence-electron chi connectivity index (χ1n) is 5.13. The van der Waals surface area contributed by atoms with Crippen molar-refractivity contribution >= 4 is 5.78 Å². The molecule has 1 aliphatic heterocycles. The van der Waals surface area contributed by atoms with E-state index in [-0.39, 0.29) is 11.5 Å². The molecule has 1 rings (SSSR count). The molecule has 2 nitrogen and oxygen atoms in total. The third-order valence-electron chi connectivity index (χ3n) is 2.41. The van der Waals surface area contributed by atoms with E-state index in [0.717, 1.165) is 25.9 Å². The first-order valence-corrected chi connectivity index (χ1v) is 5.13. The van der Waals surface area contributed by atoms with Gasteiger partial charge < -0.3 is 4.74 Å². The minimum absolute atomic E-state index is 0.0812. The van der Waals surface area contributed by atoms with Gasteiger partial charge in [0.05, 0.1) is 0 Å². The summed E-state index contributed by atoms with van der Waals surface area (Å²) >= 11 is 0. The van der Waals surface area contributed by atoms with E-state index in [1.165, 1.54) is 0 Å². The molecule has 0 amide bonds. The van der Waals surface area contributed by atoms with E-state index < -0.39 is 0 Å². The zero-order chi connectivity index (χ0) is 9.90. The summed E-state index contributed by atoms with van der Waals surface area (Å²) in [5.74, 6) is 0.299. The Morgan fingerprint density at radius 2 is 2.15 bits per heavy atom. The Morgan fingerprint density at radius 1 is 1.46 bits per heavy atom. The number of carbonyl (C=O) groups excluding carboxylic acids is 1. The van der Waals surface area contributed by atoms with Gasteiger partial charge in [-0.3, -0.25) is 4.79 Å². The summed E-state index contributed by atoms with van der Waals surface area (Å²) in [4.78, 5) is 11.6. The number of hydrogen-bond acceptors (Lipinski definition) is 2. The lowest BCUT2D eigenvalue weighted by molar-refractivity contribution is -0.128. The number of hydrogen-bond donors (Lipinski definition) is 0. The van der Waals surface area contributed by atoms with Gasteiger partial charge in [0.1, 0.15) is 6.10 Å². The summed E-state index contributed by atoms with van der Waals surface area (Å²) in [5, 5.41) is 0. The smallest absolute Gasteiger partial charge is 0.161 e. The summed E-state index contributed by atoms with van der Waals surface area (Å²) in [7, 11) is 0. The molecular weight excluding hydrogens is 164 g/mol. The fourth-order valence-corrected chi connectivity index (χ4v) is 1.49. The summed E-state index contributed by atoms with van der Waals surface area (Å²) in [6, 6.07) is 0. The van der Waals surface area contributed by atoms with Crippen LogP contribution in [0.4, 0.5) is 0 Å². The minimum Gasteiger partial charge on any atom is -0.370 e. The van der Waals surface area contributed by atoms with Gasteiger partial charge in [-0.05, 0) is 24.7 Å². The van der Waals surface area contributed by atoms with Crippen LogP contribution in [0.15, 0.2) is 0 Å². The molecule has 0 aromatic carbocycles. The van der Waals surface area contributed by atoms with Crippen molar-refractivity contribution in [3.8, 4) is 0 Å². The number of ether oxygens (including phenoxy) is 1. The van der Waals surface area contributed by atoms with Crippen LogP contribution in [0, 0.1) is 5.41 Å². The number of carbonyl (C=O) groups is 1. The molecule has 0 bridgehead atoms. The molecule has 1 unspecified atom stereocenters. The Balaban J connectivity index is 2.25. The summed E-state index contributed by atoms with van der Waals surface area (Å²) < 4.78 is 5.33. The normalized spacial score (nSPS) is 23.5. The van der Waals surface area contributed by atoms with Crippen molar-refractivity contribution < 1.29 is 9.53 Å². The highest BCUT2D eigenvalue weighted by atomic mass is 16.5. The van der Waals surface area contributed by atoms with Gasteiger partial charge in [-0.25, -0.2) is 0 Å². The van der Waals surface area contributed by atoms with Crippen LogP contribution in [0.1, 0.15) is 46.5 Å². The Kier molecular flexibility index (Phi) is 3.48. The van der Waals surface area contributed by atoms with Gasteiger partial charge in [0.15, 0.2) is 5.78 Å². The van der Waals surface area contributed by atoms with Gasteiger partial charge >= 0.3 is 0 Å². The fraction of sp³-hybridized carbons (Fsp3) is 0.909. The maximum absolute atomic E-state index is 11.6. The van der Waals surface area contributed by atoms with Crippen LogP contribution in [0.5, 0.6) is 0 Å². The van der Waals surface area contributed by atoms with Crippen molar-refractivity contribution in [1.82, 2.24) is 0 Å². The summed E-state index contributed by atoms with van der Waals surface area (Å²) in [6.07, 6.45) is 3.54. The van der Waals surface area contributed by atoms with Crippen LogP contribution >= 0.6 is 0 Å². The Hall–Kier alpha value is -0.370. The van der Waals surface area contributed by atoms with Crippen LogP contribution in [0.25, 0.3) is 0 Å². The van der Waals surface area contributed by atoms with E-state index in [0.29, 0.717) is 12.2 Å². The maximum atomic E-state index is 11.6. The van der Waals surface area contributed by atoms with Crippen LogP contribution in [-0.4, -0.2) is 18.5 Å². The predicted octanol–water partition coefficient (Wildman–Crippen LogP) is 2.56. The molecule has 0 N–H and O–H groups in total. The first kappa shape index (κ1) is 10.7. The highest BCUT2D eigenvalue weighted by Gasteiger charge is 2.24. The number of Topliss-reactive ketones (excluding diaryl/α,β-unsaturated/α-hetero) is 1. The minimum atomic E-state index is -0.0812. The maximum Gasteiger partial charge on any atom is 0.161 e. The van der Waals surface area contributed by atoms with Crippen LogP contribution in [0.2, 0.25) is 0 Å². The Labute approximate surface area is 80.7 Å². The van der Waals surface area contributed by atoms with Crippen molar-refractivity contribution in [2.24, 2.45) is 5.41 Å². The summed E-state index contributed by atoms with van der Waals surface area (Å²) in [5.41, 5.74) is 0.258. The molecule has 1 atom stereocenters. The SMILES string of the molecule is CC(C)(C)CCC(=O)C1CCCO1. The number of rotatable bonds is 3. The van der Waals surface area contributed by atoms with Crippen LogP contribution in [-0.2, 0) is 9.53 Å². The second-order valence-electron chi connectivity index (χ2n) is 5.03. The molecule has 1 saturated heterocycles. The number of ketones is 1. The zero-order valence-corrected chi connectivity index (χ0v) is 8.93. The van der Waals surface area contributed by atoms with E-state index in [1.807, 2.05) is 0 Å². The van der Waals surface area contributed by atoms with E-state index in [9.17, 15) is 4.79 Å². The molecule has 0 aromatic rings. The van der Waals surface area contributed by atoms with Gasteiger partial charge in [-0.1, -0.05) is 20.8 Å². The van der Waals surface area contributed by atoms with Crippen molar-refractivity contribution in [1.29, 1.82) is 0 Å². The predicted molar refractivity (Wildman–Crippen MR) is 52.7 cm³/mol. The second kappa shape index (κ2) is 4.23. The van der Waals surface area contributed by atoms with Crippen LogP contribution < -0.4 is 0 Å². The second-order valence-corrected chi connectivity index (χ2v) is 5.03. The molecule has 2 heteroatoms. The van der Waals surface area contributed by atoms with Crippen molar-refractivity contribution in [3.05, 3.63) is 0 Å². The molecule has 13 heavy (non-hydrogen) atoms. The fourth-order valence-electron chi connectivity index (χ4n) is 1.49. The topological polar surface area (TPSA) is 26.3 Å². The van der Waals surface area contributed by atoms with Crippen LogP contribution in [0.3, 0.4) is 0 Å². The molecule has 1 heterocycles. The molecule has 0 aromatic heterocycles. The lowest BCUT2D eigenvalue weighted by atomic mass is 9.88. The van der Waals surface area contributed by atoms with Gasteiger partial charge in [-0.15, -0.1) is 0 Å². The molecule has 1 fully saturated rings. The van der Waals surface area contributed by atoms with Crippen molar-refractivity contribution in [2.45, 2.75) is 52.6 Å². The van der Waals surface area contributed by atoms with Crippen molar-refractivity contribution in [3.63, 3.8) is 0 Å². The van der Waals surface area contributed by atoms with Gasteiger partial charge in [0.2, 0.25) is 0 Å². The molecule has 1 aliphatic rings. The summed E-state index contributed by atoms with van der Waals surface area (Å²) in [6.45, 7) is 7.26. The molecule has 0 aliphatic carbocycles. The van der Waals surface area contributed by atoms with E-state index in [2.05, 4.69) is 20.8 Å². The average Bonchev–Trinajstić information content (AvgIpc) is 2.50. The average molecular weight is 184 g/mol. The highest BCUT2D eigenvalue weighted by molar-refractivity contribution is 5.83. The molecule has 76 valence electrons. The molecule has 0 saturated carbocycles. The van der Waals surface area contributed by atoms with E-state index >= 15 is 0 Å². The molecular formula is C11H20O2. The third kappa shape index (κ3) is 3.90. The largest absolute Gasteiger partial charge is 0.370 e. The molecule has 0 radical (unpaired) electrons. The van der Waals surface area contributed by atoms with Gasteiger partial charge in [0, 0.05) is 13.0 Å². The van der Waals surface area contributed by atoms with E-state index in [4.69, 9.17) is 4.74 Å². The Morgan fingerprint density at radius 3 is 2.62 bits per heavy atom. The van der Waals surface area contributed by atoms with Crippen molar-refractivity contribution in [2.75, 3.05) is 6.61 Å². The first-order chi connectivity index (χ1) is 5.99. The lowest BCUT2D eigenvalue weighted by Crippen LogP contribution is -2.21.